The number of aromatic carboxylic acids is 1. The molecule has 0 radical (unpaired) electrons. The van der Waals surface area contributed by atoms with Crippen LogP contribution in [0, 0.1) is 17.8 Å². The Hall–Kier alpha value is -1.84. The van der Waals surface area contributed by atoms with Crippen molar-refractivity contribution in [3.63, 3.8) is 0 Å². The van der Waals surface area contributed by atoms with E-state index in [1.165, 1.54) is 25.7 Å². The molecule has 3 unspecified atom stereocenters. The number of nitrogens with zero attached hydrogens (tertiary/aromatic N) is 1. The second-order valence-corrected chi connectivity index (χ2v) is 6.44. The zero-order chi connectivity index (χ0) is 15.0. The number of hydrogen-bond acceptors (Lipinski definition) is 2. The van der Waals surface area contributed by atoms with Crippen LogP contribution >= 0.6 is 0 Å². The van der Waals surface area contributed by atoms with Crippen LogP contribution in [-0.4, -0.2) is 24.0 Å². The molecule has 0 aromatic heterocycles. The molecule has 21 heavy (non-hydrogen) atoms. The van der Waals surface area contributed by atoms with Gasteiger partial charge in [0.1, 0.15) is 0 Å². The van der Waals surface area contributed by atoms with Crippen molar-refractivity contribution in [2.45, 2.75) is 32.1 Å². The van der Waals surface area contributed by atoms with Gasteiger partial charge >= 0.3 is 5.97 Å². The van der Waals surface area contributed by atoms with Gasteiger partial charge in [0.2, 0.25) is 5.91 Å². The highest BCUT2D eigenvalue weighted by molar-refractivity contribution is 5.94. The fraction of sp³-hybridized carbons (Fsp3) is 0.529. The van der Waals surface area contributed by atoms with Gasteiger partial charge in [-0.05, 0) is 61.3 Å². The summed E-state index contributed by atoms with van der Waals surface area (Å²) in [6, 6.07) is 6.47. The number of benzene rings is 1. The van der Waals surface area contributed by atoms with Gasteiger partial charge in [-0.25, -0.2) is 4.79 Å². The van der Waals surface area contributed by atoms with Gasteiger partial charge in [0.05, 0.1) is 5.56 Å². The molecule has 0 spiro atoms. The number of fused-ring (bicyclic) bond motifs is 2. The first-order chi connectivity index (χ1) is 10.0. The van der Waals surface area contributed by atoms with Crippen LogP contribution < -0.4 is 4.90 Å². The Morgan fingerprint density at radius 1 is 1.19 bits per heavy atom. The Kier molecular flexibility index (Phi) is 3.70. The maximum absolute atomic E-state index is 12.4. The summed E-state index contributed by atoms with van der Waals surface area (Å²) >= 11 is 0. The molecule has 2 aliphatic carbocycles. The molecule has 3 rings (SSSR count). The highest BCUT2D eigenvalue weighted by Gasteiger charge is 2.40. The maximum Gasteiger partial charge on any atom is 0.335 e. The molecular formula is C17H21NO3. The van der Waals surface area contributed by atoms with Gasteiger partial charge in [0.15, 0.2) is 0 Å². The lowest BCUT2D eigenvalue weighted by atomic mass is 9.86. The second kappa shape index (κ2) is 5.51. The van der Waals surface area contributed by atoms with E-state index < -0.39 is 5.97 Å². The van der Waals surface area contributed by atoms with Crippen molar-refractivity contribution in [1.29, 1.82) is 0 Å². The summed E-state index contributed by atoms with van der Waals surface area (Å²) in [5, 5.41) is 8.89. The molecule has 0 saturated heterocycles. The zero-order valence-electron chi connectivity index (χ0n) is 12.3. The summed E-state index contributed by atoms with van der Waals surface area (Å²) in [5.41, 5.74) is 1.00. The summed E-state index contributed by atoms with van der Waals surface area (Å²) in [4.78, 5) is 24.9. The SMILES string of the molecule is CN(C(=O)CC1CC2CCC1C2)c1ccc(C(=O)O)cc1. The number of carboxylic acids is 1. The Morgan fingerprint density at radius 3 is 2.43 bits per heavy atom. The van der Waals surface area contributed by atoms with Crippen molar-refractivity contribution in [1.82, 2.24) is 0 Å². The predicted molar refractivity (Wildman–Crippen MR) is 80.4 cm³/mol. The molecular weight excluding hydrogens is 266 g/mol. The zero-order valence-corrected chi connectivity index (χ0v) is 12.3. The van der Waals surface area contributed by atoms with Crippen LogP contribution in [0.15, 0.2) is 24.3 Å². The second-order valence-electron chi connectivity index (χ2n) is 6.44. The average molecular weight is 287 g/mol. The molecule has 112 valence electrons. The predicted octanol–water partition coefficient (Wildman–Crippen LogP) is 3.17. The van der Waals surface area contributed by atoms with Crippen LogP contribution in [0.3, 0.4) is 0 Å². The van der Waals surface area contributed by atoms with E-state index in [0.717, 1.165) is 17.5 Å². The van der Waals surface area contributed by atoms with E-state index in [1.807, 2.05) is 0 Å². The number of amides is 1. The molecule has 3 atom stereocenters. The Balaban J connectivity index is 1.62. The first-order valence-electron chi connectivity index (χ1n) is 7.64. The van der Waals surface area contributed by atoms with Gasteiger partial charge in [0.25, 0.3) is 0 Å². The highest BCUT2D eigenvalue weighted by Crippen LogP contribution is 2.49. The van der Waals surface area contributed by atoms with Crippen molar-refractivity contribution in [2.24, 2.45) is 17.8 Å². The van der Waals surface area contributed by atoms with Gasteiger partial charge in [-0.1, -0.05) is 6.42 Å². The quantitative estimate of drug-likeness (QED) is 0.925. The number of rotatable bonds is 4. The minimum Gasteiger partial charge on any atom is -0.478 e. The minimum absolute atomic E-state index is 0.135. The average Bonchev–Trinajstić information content (AvgIpc) is 3.09. The van der Waals surface area contributed by atoms with E-state index in [2.05, 4.69) is 0 Å². The van der Waals surface area contributed by atoms with Crippen LogP contribution in [0.4, 0.5) is 5.69 Å². The molecule has 0 aliphatic heterocycles. The number of carbonyl (C=O) groups is 2. The smallest absolute Gasteiger partial charge is 0.335 e. The minimum atomic E-state index is -0.947. The molecule has 4 heteroatoms. The number of hydrogen-bond donors (Lipinski definition) is 1. The number of carbonyl (C=O) groups excluding carboxylic acids is 1. The molecule has 1 N–H and O–H groups in total. The fourth-order valence-corrected chi connectivity index (χ4v) is 3.96. The molecule has 2 aliphatic rings. The van der Waals surface area contributed by atoms with Crippen molar-refractivity contribution in [2.75, 3.05) is 11.9 Å². The van der Waals surface area contributed by atoms with E-state index in [9.17, 15) is 9.59 Å². The lowest BCUT2D eigenvalue weighted by Gasteiger charge is -2.24. The van der Waals surface area contributed by atoms with Gasteiger partial charge in [0, 0.05) is 19.2 Å². The van der Waals surface area contributed by atoms with Crippen molar-refractivity contribution in [3.8, 4) is 0 Å². The molecule has 2 bridgehead atoms. The molecule has 0 heterocycles. The van der Waals surface area contributed by atoms with Gasteiger partial charge in [-0.3, -0.25) is 4.79 Å². The molecule has 1 aromatic carbocycles. The topological polar surface area (TPSA) is 57.6 Å². The molecule has 2 fully saturated rings. The van der Waals surface area contributed by atoms with Crippen molar-refractivity contribution >= 4 is 17.6 Å². The normalized spacial score (nSPS) is 26.8. The van der Waals surface area contributed by atoms with Crippen LogP contribution in [0.25, 0.3) is 0 Å². The molecule has 4 nitrogen and oxygen atoms in total. The molecule has 2 saturated carbocycles. The maximum atomic E-state index is 12.4. The van der Waals surface area contributed by atoms with E-state index in [1.54, 1.807) is 36.2 Å². The largest absolute Gasteiger partial charge is 0.478 e. The van der Waals surface area contributed by atoms with Crippen LogP contribution in [0.5, 0.6) is 0 Å². The first kappa shape index (κ1) is 14.1. The first-order valence-corrected chi connectivity index (χ1v) is 7.64. The summed E-state index contributed by atoms with van der Waals surface area (Å²) in [6.07, 6.45) is 5.79. The molecule has 1 amide bonds. The summed E-state index contributed by atoms with van der Waals surface area (Å²) in [7, 11) is 1.77. The van der Waals surface area contributed by atoms with E-state index in [0.29, 0.717) is 12.3 Å². The summed E-state index contributed by atoms with van der Waals surface area (Å²) in [5.74, 6) is 1.35. The summed E-state index contributed by atoms with van der Waals surface area (Å²) < 4.78 is 0. The Bertz CT molecular complexity index is 552. The third-order valence-corrected chi connectivity index (χ3v) is 5.20. The van der Waals surface area contributed by atoms with Gasteiger partial charge < -0.3 is 10.0 Å². The van der Waals surface area contributed by atoms with Crippen LogP contribution in [-0.2, 0) is 4.79 Å². The van der Waals surface area contributed by atoms with Crippen molar-refractivity contribution < 1.29 is 14.7 Å². The van der Waals surface area contributed by atoms with Crippen molar-refractivity contribution in [3.05, 3.63) is 29.8 Å². The number of carboxylic acid groups (broad SMARTS) is 1. The lowest BCUT2D eigenvalue weighted by molar-refractivity contribution is -0.119. The molecule has 1 aromatic rings. The third kappa shape index (κ3) is 2.80. The van der Waals surface area contributed by atoms with E-state index in [-0.39, 0.29) is 11.5 Å². The standard InChI is InChI=1S/C17H21NO3/c1-18(15-6-4-12(5-7-15)17(20)21)16(19)10-14-9-11-2-3-13(14)8-11/h4-7,11,13-14H,2-3,8-10H2,1H3,(H,20,21). The monoisotopic (exact) mass is 287 g/mol. The van der Waals surface area contributed by atoms with Gasteiger partial charge in [-0.2, -0.15) is 0 Å². The van der Waals surface area contributed by atoms with Crippen LogP contribution in [0.2, 0.25) is 0 Å². The number of anilines is 1. The third-order valence-electron chi connectivity index (χ3n) is 5.20. The summed E-state index contributed by atoms with van der Waals surface area (Å²) in [6.45, 7) is 0. The van der Waals surface area contributed by atoms with E-state index in [4.69, 9.17) is 5.11 Å². The Labute approximate surface area is 124 Å². The highest BCUT2D eigenvalue weighted by atomic mass is 16.4. The Morgan fingerprint density at radius 2 is 1.90 bits per heavy atom. The van der Waals surface area contributed by atoms with Gasteiger partial charge in [-0.15, -0.1) is 0 Å². The lowest BCUT2D eigenvalue weighted by Crippen LogP contribution is -2.29. The van der Waals surface area contributed by atoms with Crippen LogP contribution in [0.1, 0.15) is 42.5 Å². The fourth-order valence-electron chi connectivity index (χ4n) is 3.96. The van der Waals surface area contributed by atoms with E-state index >= 15 is 0 Å².